The van der Waals surface area contributed by atoms with E-state index in [4.69, 9.17) is 24.3 Å². The van der Waals surface area contributed by atoms with Gasteiger partial charge in [-0.25, -0.2) is 24.1 Å². The first-order valence-corrected chi connectivity index (χ1v) is 25.6. The van der Waals surface area contributed by atoms with Crippen LogP contribution in [-0.4, -0.2) is 91.1 Å². The molecule has 1 aliphatic rings. The van der Waals surface area contributed by atoms with Gasteiger partial charge in [0.05, 0.1) is 12.8 Å². The number of esters is 1. The maximum atomic E-state index is 15.0. The minimum atomic E-state index is -1.60. The minimum Gasteiger partial charge on any atom is -0.464 e. The van der Waals surface area contributed by atoms with Gasteiger partial charge in [0.2, 0.25) is 0 Å². The van der Waals surface area contributed by atoms with Crippen LogP contribution in [0.3, 0.4) is 0 Å². The molecule has 11 nitrogen and oxygen atoms in total. The van der Waals surface area contributed by atoms with E-state index in [-0.39, 0.29) is 18.4 Å². The van der Waals surface area contributed by atoms with Gasteiger partial charge in [0.15, 0.2) is 17.6 Å². The lowest BCUT2D eigenvalue weighted by atomic mass is 9.78. The molecule has 0 aliphatic heterocycles. The molecule has 4 heterocycles. The third kappa shape index (κ3) is 10.7. The van der Waals surface area contributed by atoms with Crippen LogP contribution < -0.4 is 4.90 Å². The van der Waals surface area contributed by atoms with Crippen LogP contribution in [0.4, 0.5) is 10.2 Å². The molecule has 4 aromatic heterocycles. The number of carbonyl (C=O) groups excluding carboxylic acids is 1. The first-order chi connectivity index (χ1) is 24.3. The predicted octanol–water partition coefficient (Wildman–Crippen LogP) is 7.85. The highest BCUT2D eigenvalue weighted by molar-refractivity contribution is 6.76. The van der Waals surface area contributed by atoms with Gasteiger partial charge in [-0.2, -0.15) is 9.61 Å². The Labute approximate surface area is 303 Å². The van der Waals surface area contributed by atoms with Gasteiger partial charge in [0.1, 0.15) is 25.0 Å². The standard InChI is InChI=1S/C37H54FN7O4Si2/c1-8-49-37(46)34(38)28-12-10-27(11-13-28)32-22-33(44(25-47-18-20-50(2,3)4)26-48-19-21-51(5,6)7)45-36(43-32)30(24-42-45)29-14-15-31(41-23-29)35-39-16-9-17-40-35/h9,14-17,22-24,27-28,34H,8,10-13,18-21,25-26H2,1-7H3/t27-,28+,34?. The van der Waals surface area contributed by atoms with E-state index in [0.29, 0.717) is 69.5 Å². The first kappa shape index (κ1) is 38.6. The molecule has 0 aromatic carbocycles. The molecule has 1 saturated carbocycles. The number of hydrogen-bond donors (Lipinski definition) is 0. The fourth-order valence-corrected chi connectivity index (χ4v) is 7.63. The Morgan fingerprint density at radius 3 is 2.16 bits per heavy atom. The van der Waals surface area contributed by atoms with E-state index in [1.807, 2.05) is 22.8 Å². The number of ether oxygens (including phenoxy) is 3. The van der Waals surface area contributed by atoms with E-state index >= 15 is 4.39 Å². The molecule has 0 saturated heterocycles. The Balaban J connectivity index is 1.49. The Kier molecular flexibility index (Phi) is 13.1. The number of hydrogen-bond acceptors (Lipinski definition) is 10. The second kappa shape index (κ2) is 17.3. The molecular weight excluding hydrogens is 682 g/mol. The lowest BCUT2D eigenvalue weighted by Crippen LogP contribution is -2.33. The van der Waals surface area contributed by atoms with Crippen LogP contribution in [-0.2, 0) is 19.0 Å². The van der Waals surface area contributed by atoms with E-state index in [1.54, 1.807) is 31.6 Å². The molecule has 1 unspecified atom stereocenters. The van der Waals surface area contributed by atoms with Crippen molar-refractivity contribution in [1.82, 2.24) is 29.5 Å². The van der Waals surface area contributed by atoms with Gasteiger partial charge in [-0.3, -0.25) is 4.98 Å². The van der Waals surface area contributed by atoms with Crippen molar-refractivity contribution in [3.63, 3.8) is 0 Å². The molecule has 1 aliphatic carbocycles. The summed E-state index contributed by atoms with van der Waals surface area (Å²) in [6, 6.07) is 9.87. The van der Waals surface area contributed by atoms with E-state index < -0.39 is 28.3 Å². The van der Waals surface area contributed by atoms with Crippen LogP contribution in [0.2, 0.25) is 51.4 Å². The highest BCUT2D eigenvalue weighted by atomic mass is 28.3. The fraction of sp³-hybridized carbons (Fsp3) is 0.568. The van der Waals surface area contributed by atoms with E-state index in [9.17, 15) is 4.79 Å². The van der Waals surface area contributed by atoms with Crippen molar-refractivity contribution in [2.45, 2.75) is 96.1 Å². The summed E-state index contributed by atoms with van der Waals surface area (Å²) in [5.74, 6) is 0.341. The summed E-state index contributed by atoms with van der Waals surface area (Å²) in [4.78, 5) is 32.8. The summed E-state index contributed by atoms with van der Waals surface area (Å²) in [6.07, 6.45) is 8.00. The van der Waals surface area contributed by atoms with E-state index in [2.05, 4.69) is 65.2 Å². The second-order valence-corrected chi connectivity index (χ2v) is 27.1. The number of nitrogens with zero attached hydrogens (tertiary/aromatic N) is 7. The van der Waals surface area contributed by atoms with Crippen molar-refractivity contribution in [3.05, 3.63) is 54.7 Å². The quantitative estimate of drug-likeness (QED) is 0.0459. The van der Waals surface area contributed by atoms with Crippen molar-refractivity contribution in [3.8, 4) is 22.6 Å². The van der Waals surface area contributed by atoms with Gasteiger partial charge in [-0.05, 0) is 56.8 Å². The van der Waals surface area contributed by atoms with Crippen LogP contribution >= 0.6 is 0 Å². The molecule has 0 N–H and O–H groups in total. The molecule has 276 valence electrons. The van der Waals surface area contributed by atoms with Crippen molar-refractivity contribution in [1.29, 1.82) is 0 Å². The van der Waals surface area contributed by atoms with E-state index in [0.717, 1.165) is 34.7 Å². The largest absolute Gasteiger partial charge is 0.464 e. The van der Waals surface area contributed by atoms with Gasteiger partial charge in [-0.15, -0.1) is 0 Å². The number of aromatic nitrogens is 6. The Morgan fingerprint density at radius 2 is 1.59 bits per heavy atom. The molecule has 1 fully saturated rings. The van der Waals surface area contributed by atoms with Crippen LogP contribution in [0.1, 0.15) is 44.2 Å². The summed E-state index contributed by atoms with van der Waals surface area (Å²) < 4.78 is 34.5. The monoisotopic (exact) mass is 735 g/mol. The van der Waals surface area contributed by atoms with Crippen molar-refractivity contribution < 1.29 is 23.4 Å². The molecule has 0 bridgehead atoms. The second-order valence-electron chi connectivity index (χ2n) is 15.8. The van der Waals surface area contributed by atoms with Crippen molar-refractivity contribution in [2.75, 3.05) is 38.2 Å². The molecular formula is C37H54FN7O4Si2. The topological polar surface area (TPSA) is 117 Å². The average Bonchev–Trinajstić information content (AvgIpc) is 3.54. The summed E-state index contributed by atoms with van der Waals surface area (Å²) in [7, 11) is -2.58. The third-order valence-electron chi connectivity index (χ3n) is 9.27. The number of rotatable bonds is 17. The van der Waals surface area contributed by atoms with Gasteiger partial charge in [0.25, 0.3) is 0 Å². The average molecular weight is 736 g/mol. The number of carbonyl (C=O) groups is 1. The van der Waals surface area contributed by atoms with E-state index in [1.165, 1.54) is 0 Å². The molecule has 1 atom stereocenters. The maximum absolute atomic E-state index is 15.0. The lowest BCUT2D eigenvalue weighted by Gasteiger charge is -2.31. The third-order valence-corrected chi connectivity index (χ3v) is 12.7. The number of alkyl halides is 1. The highest BCUT2D eigenvalue weighted by Gasteiger charge is 2.34. The van der Waals surface area contributed by atoms with Gasteiger partial charge in [0, 0.05) is 82.7 Å². The van der Waals surface area contributed by atoms with Crippen LogP contribution in [0.15, 0.2) is 49.1 Å². The van der Waals surface area contributed by atoms with Crippen LogP contribution in [0, 0.1) is 5.92 Å². The van der Waals surface area contributed by atoms with Crippen molar-refractivity contribution in [2.24, 2.45) is 5.92 Å². The van der Waals surface area contributed by atoms with Crippen LogP contribution in [0.25, 0.3) is 28.3 Å². The molecule has 0 spiro atoms. The summed E-state index contributed by atoms with van der Waals surface area (Å²) in [6.45, 7) is 18.0. The molecule has 14 heteroatoms. The van der Waals surface area contributed by atoms with Gasteiger partial charge >= 0.3 is 5.97 Å². The molecule has 0 radical (unpaired) electrons. The molecule has 5 rings (SSSR count). The number of fused-ring (bicyclic) bond motifs is 1. The molecule has 0 amide bonds. The zero-order valence-electron chi connectivity index (χ0n) is 31.3. The zero-order chi connectivity index (χ0) is 36.6. The lowest BCUT2D eigenvalue weighted by molar-refractivity contribution is -0.151. The minimum absolute atomic E-state index is 0.0837. The normalized spacial score (nSPS) is 17.4. The summed E-state index contributed by atoms with van der Waals surface area (Å²) >= 11 is 0. The summed E-state index contributed by atoms with van der Waals surface area (Å²) in [5.41, 5.74) is 3.97. The fourth-order valence-electron chi connectivity index (χ4n) is 6.12. The molecule has 51 heavy (non-hydrogen) atoms. The van der Waals surface area contributed by atoms with Gasteiger partial charge in [-0.1, -0.05) is 45.3 Å². The number of anilines is 1. The Hall–Kier alpha value is -3.60. The highest BCUT2D eigenvalue weighted by Crippen LogP contribution is 2.39. The SMILES string of the molecule is CCOC(=O)C(F)[C@H]1CC[C@@H](c2cc(N(COCC[Si](C)(C)C)COCC[Si](C)(C)C)n3ncc(-c4ccc(-c5ncccn5)nc4)c3n2)CC1. The zero-order valence-corrected chi connectivity index (χ0v) is 33.3. The predicted molar refractivity (Wildman–Crippen MR) is 204 cm³/mol. The van der Waals surface area contributed by atoms with Crippen molar-refractivity contribution >= 4 is 33.6 Å². The Morgan fingerprint density at radius 1 is 0.941 bits per heavy atom. The van der Waals surface area contributed by atoms with Gasteiger partial charge < -0.3 is 19.1 Å². The number of pyridine rings is 1. The Bertz CT molecular complexity index is 1680. The van der Waals surface area contributed by atoms with Crippen LogP contribution in [0.5, 0.6) is 0 Å². The molecule has 4 aromatic rings. The maximum Gasteiger partial charge on any atom is 0.341 e. The first-order valence-electron chi connectivity index (χ1n) is 18.2. The summed E-state index contributed by atoms with van der Waals surface area (Å²) in [5, 5.41) is 4.85. The number of halogens is 1. The smallest absolute Gasteiger partial charge is 0.341 e.